The molecule has 0 unspecified atom stereocenters. The van der Waals surface area contributed by atoms with Crippen LogP contribution < -0.4 is 4.90 Å². The quantitative estimate of drug-likeness (QED) is 0.912. The fourth-order valence-electron chi connectivity index (χ4n) is 2.41. The monoisotopic (exact) mass is 277 g/mol. The topological polar surface area (TPSA) is 56.7 Å². The first-order chi connectivity index (χ1) is 9.51. The molecule has 0 spiro atoms. The molecule has 2 heterocycles. The lowest BCUT2D eigenvalue weighted by Crippen LogP contribution is -2.46. The van der Waals surface area contributed by atoms with Crippen LogP contribution in [0.25, 0.3) is 0 Å². The van der Waals surface area contributed by atoms with Crippen molar-refractivity contribution in [3.05, 3.63) is 23.4 Å². The van der Waals surface area contributed by atoms with Crippen molar-refractivity contribution in [1.82, 2.24) is 9.88 Å². The van der Waals surface area contributed by atoms with Crippen molar-refractivity contribution in [1.29, 1.82) is 0 Å². The van der Waals surface area contributed by atoms with E-state index in [1.807, 2.05) is 13.8 Å². The van der Waals surface area contributed by atoms with E-state index in [1.54, 1.807) is 12.1 Å². The van der Waals surface area contributed by atoms with E-state index in [1.165, 1.54) is 0 Å². The van der Waals surface area contributed by atoms with Gasteiger partial charge in [0.2, 0.25) is 0 Å². The van der Waals surface area contributed by atoms with Crippen LogP contribution in [0.2, 0.25) is 0 Å². The van der Waals surface area contributed by atoms with Gasteiger partial charge in [0.25, 0.3) is 0 Å². The number of aromatic carboxylic acids is 1. The highest BCUT2D eigenvalue weighted by molar-refractivity contribution is 5.88. The normalized spacial score (nSPS) is 16.7. The molecular weight excluding hydrogens is 254 g/mol. The lowest BCUT2D eigenvalue weighted by Gasteiger charge is -2.35. The molecule has 0 saturated carbocycles. The van der Waals surface area contributed by atoms with Gasteiger partial charge < -0.3 is 14.9 Å². The van der Waals surface area contributed by atoms with Gasteiger partial charge in [-0.05, 0) is 24.6 Å². The molecule has 1 saturated heterocycles. The van der Waals surface area contributed by atoms with Gasteiger partial charge in [0, 0.05) is 31.9 Å². The standard InChI is InChI=1S/C15H23N3O2/c1-4-17-5-7-18(8-6-17)14-10-12(15(19)20)9-13(16-14)11(2)3/h9-11H,4-8H2,1-3H3,(H,19,20). The number of carboxylic acid groups (broad SMARTS) is 1. The van der Waals surface area contributed by atoms with E-state index in [9.17, 15) is 9.90 Å². The highest BCUT2D eigenvalue weighted by Gasteiger charge is 2.19. The van der Waals surface area contributed by atoms with Gasteiger partial charge in [-0.2, -0.15) is 0 Å². The van der Waals surface area contributed by atoms with Gasteiger partial charge in [-0.1, -0.05) is 20.8 Å². The van der Waals surface area contributed by atoms with Crippen LogP contribution in [-0.2, 0) is 0 Å². The Labute approximate surface area is 120 Å². The first-order valence-corrected chi connectivity index (χ1v) is 7.23. The summed E-state index contributed by atoms with van der Waals surface area (Å²) in [7, 11) is 0. The van der Waals surface area contributed by atoms with E-state index in [0.717, 1.165) is 44.2 Å². The van der Waals surface area contributed by atoms with Crippen LogP contribution in [0.3, 0.4) is 0 Å². The SMILES string of the molecule is CCN1CCN(c2cc(C(=O)O)cc(C(C)C)n2)CC1. The molecule has 5 nitrogen and oxygen atoms in total. The predicted molar refractivity (Wildman–Crippen MR) is 79.6 cm³/mol. The number of carboxylic acids is 1. The second-order valence-electron chi connectivity index (χ2n) is 5.52. The number of carbonyl (C=O) groups is 1. The third kappa shape index (κ3) is 3.28. The number of nitrogens with zero attached hydrogens (tertiary/aromatic N) is 3. The van der Waals surface area contributed by atoms with Gasteiger partial charge in [-0.25, -0.2) is 9.78 Å². The van der Waals surface area contributed by atoms with E-state index < -0.39 is 5.97 Å². The van der Waals surface area contributed by atoms with Crippen LogP contribution >= 0.6 is 0 Å². The third-order valence-corrected chi connectivity index (χ3v) is 3.81. The molecule has 0 radical (unpaired) electrons. The molecule has 1 aliphatic heterocycles. The van der Waals surface area contributed by atoms with Crippen molar-refractivity contribution < 1.29 is 9.90 Å². The minimum Gasteiger partial charge on any atom is -0.478 e. The summed E-state index contributed by atoms with van der Waals surface area (Å²) in [5, 5.41) is 9.24. The van der Waals surface area contributed by atoms with Crippen molar-refractivity contribution in [2.24, 2.45) is 0 Å². The van der Waals surface area contributed by atoms with Crippen molar-refractivity contribution in [3.8, 4) is 0 Å². The van der Waals surface area contributed by atoms with Gasteiger partial charge in [0.15, 0.2) is 0 Å². The summed E-state index contributed by atoms with van der Waals surface area (Å²) in [5.74, 6) is 0.136. The first kappa shape index (κ1) is 14.8. The number of anilines is 1. The fraction of sp³-hybridized carbons (Fsp3) is 0.600. The number of likely N-dealkylation sites (N-methyl/N-ethyl adjacent to an activating group) is 1. The molecule has 2 rings (SSSR count). The zero-order chi connectivity index (χ0) is 14.7. The number of hydrogen-bond donors (Lipinski definition) is 1. The second-order valence-corrected chi connectivity index (χ2v) is 5.52. The van der Waals surface area contributed by atoms with Crippen LogP contribution in [0.1, 0.15) is 42.7 Å². The predicted octanol–water partition coefficient (Wildman–Crippen LogP) is 2.05. The molecule has 1 aliphatic rings. The van der Waals surface area contributed by atoms with Crippen molar-refractivity contribution >= 4 is 11.8 Å². The molecule has 0 aliphatic carbocycles. The Hall–Kier alpha value is -1.62. The average molecular weight is 277 g/mol. The Balaban J connectivity index is 2.24. The molecule has 0 bridgehead atoms. The summed E-state index contributed by atoms with van der Waals surface area (Å²) in [6.07, 6.45) is 0. The Morgan fingerprint density at radius 3 is 2.45 bits per heavy atom. The third-order valence-electron chi connectivity index (χ3n) is 3.81. The van der Waals surface area contributed by atoms with Gasteiger partial charge in [0.05, 0.1) is 5.56 Å². The van der Waals surface area contributed by atoms with Crippen LogP contribution in [0.5, 0.6) is 0 Å². The Kier molecular flexibility index (Phi) is 4.60. The van der Waals surface area contributed by atoms with Gasteiger partial charge >= 0.3 is 5.97 Å². The number of hydrogen-bond acceptors (Lipinski definition) is 4. The molecule has 1 aromatic rings. The summed E-state index contributed by atoms with van der Waals surface area (Å²) in [6.45, 7) is 11.1. The van der Waals surface area contributed by atoms with E-state index >= 15 is 0 Å². The molecular formula is C15H23N3O2. The van der Waals surface area contributed by atoms with E-state index in [0.29, 0.717) is 5.56 Å². The molecule has 1 N–H and O–H groups in total. The largest absolute Gasteiger partial charge is 0.478 e. The lowest BCUT2D eigenvalue weighted by molar-refractivity contribution is 0.0696. The molecule has 1 aromatic heterocycles. The van der Waals surface area contributed by atoms with Gasteiger partial charge in [-0.3, -0.25) is 0 Å². The molecule has 0 atom stereocenters. The number of rotatable bonds is 4. The summed E-state index contributed by atoms with van der Waals surface area (Å²) >= 11 is 0. The van der Waals surface area contributed by atoms with Crippen molar-refractivity contribution in [2.75, 3.05) is 37.6 Å². The lowest BCUT2D eigenvalue weighted by atomic mass is 10.1. The maximum atomic E-state index is 11.3. The number of aromatic nitrogens is 1. The summed E-state index contributed by atoms with van der Waals surface area (Å²) in [4.78, 5) is 20.5. The van der Waals surface area contributed by atoms with E-state index in [-0.39, 0.29) is 5.92 Å². The zero-order valence-corrected chi connectivity index (χ0v) is 12.5. The first-order valence-electron chi connectivity index (χ1n) is 7.23. The smallest absolute Gasteiger partial charge is 0.335 e. The number of piperazine rings is 1. The van der Waals surface area contributed by atoms with E-state index in [2.05, 4.69) is 21.7 Å². The summed E-state index contributed by atoms with van der Waals surface area (Å²) < 4.78 is 0. The zero-order valence-electron chi connectivity index (χ0n) is 12.5. The molecule has 5 heteroatoms. The molecule has 20 heavy (non-hydrogen) atoms. The molecule has 1 fully saturated rings. The minimum atomic E-state index is -0.886. The van der Waals surface area contributed by atoms with Crippen LogP contribution in [0, 0.1) is 0 Å². The van der Waals surface area contributed by atoms with Crippen molar-refractivity contribution in [2.45, 2.75) is 26.7 Å². The average Bonchev–Trinajstić information content (AvgIpc) is 2.46. The summed E-state index contributed by atoms with van der Waals surface area (Å²) in [5.41, 5.74) is 1.18. The molecule has 0 aromatic carbocycles. The van der Waals surface area contributed by atoms with E-state index in [4.69, 9.17) is 0 Å². The van der Waals surface area contributed by atoms with Crippen LogP contribution in [-0.4, -0.2) is 53.7 Å². The van der Waals surface area contributed by atoms with Gasteiger partial charge in [-0.15, -0.1) is 0 Å². The Morgan fingerprint density at radius 1 is 1.30 bits per heavy atom. The fourth-order valence-corrected chi connectivity index (χ4v) is 2.41. The maximum absolute atomic E-state index is 11.3. The molecule has 110 valence electrons. The highest BCUT2D eigenvalue weighted by Crippen LogP contribution is 2.21. The van der Waals surface area contributed by atoms with Crippen LogP contribution in [0.15, 0.2) is 12.1 Å². The van der Waals surface area contributed by atoms with Crippen molar-refractivity contribution in [3.63, 3.8) is 0 Å². The Morgan fingerprint density at radius 2 is 1.95 bits per heavy atom. The minimum absolute atomic E-state index is 0.227. The van der Waals surface area contributed by atoms with Gasteiger partial charge in [0.1, 0.15) is 5.82 Å². The summed E-state index contributed by atoms with van der Waals surface area (Å²) in [6, 6.07) is 3.37. The maximum Gasteiger partial charge on any atom is 0.335 e. The second kappa shape index (κ2) is 6.22. The Bertz CT molecular complexity index is 480. The number of pyridine rings is 1. The van der Waals surface area contributed by atoms with Crippen LogP contribution in [0.4, 0.5) is 5.82 Å². The highest BCUT2D eigenvalue weighted by atomic mass is 16.4. The molecule has 0 amide bonds.